The lowest BCUT2D eigenvalue weighted by molar-refractivity contribution is 0.198. The van der Waals surface area contributed by atoms with Crippen LogP contribution in [0.3, 0.4) is 0 Å². The van der Waals surface area contributed by atoms with Crippen molar-refractivity contribution in [3.05, 3.63) is 36.4 Å². The Hall–Kier alpha value is -1.63. The Bertz CT molecular complexity index is 726. The summed E-state index contributed by atoms with van der Waals surface area (Å²) in [6.45, 7) is 3.89. The van der Waals surface area contributed by atoms with Crippen LogP contribution in [0.15, 0.2) is 41.3 Å². The Morgan fingerprint density at radius 2 is 1.86 bits per heavy atom. The van der Waals surface area contributed by atoms with Crippen molar-refractivity contribution in [1.82, 2.24) is 4.72 Å². The molecule has 0 unspecified atom stereocenters. The monoisotopic (exact) mass is 309 g/mol. The van der Waals surface area contributed by atoms with Gasteiger partial charge in [-0.15, -0.1) is 0 Å². The number of rotatable bonds is 6. The normalized spacial score (nSPS) is 13.3. The Kier molecular flexibility index (Phi) is 4.82. The largest absolute Gasteiger partial charge is 0.493 e. The van der Waals surface area contributed by atoms with Crippen molar-refractivity contribution in [1.29, 1.82) is 0 Å². The van der Waals surface area contributed by atoms with Crippen molar-refractivity contribution in [2.45, 2.75) is 24.8 Å². The molecule has 0 aliphatic carbocycles. The number of sulfonamides is 1. The molecule has 0 amide bonds. The summed E-state index contributed by atoms with van der Waals surface area (Å²) in [7, 11) is -3.68. The summed E-state index contributed by atoms with van der Waals surface area (Å²) in [5.74, 6) is 0.655. The van der Waals surface area contributed by atoms with Gasteiger partial charge in [-0.05, 0) is 26.0 Å². The molecule has 6 heteroatoms. The van der Waals surface area contributed by atoms with E-state index in [0.717, 1.165) is 5.39 Å². The van der Waals surface area contributed by atoms with Gasteiger partial charge in [0.15, 0.2) is 0 Å². The first kappa shape index (κ1) is 15.8. The molecule has 2 rings (SSSR count). The first-order valence-electron chi connectivity index (χ1n) is 6.78. The molecule has 0 fully saturated rings. The average molecular weight is 309 g/mol. The van der Waals surface area contributed by atoms with Gasteiger partial charge in [-0.2, -0.15) is 0 Å². The number of aliphatic hydroxyl groups is 1. The lowest BCUT2D eigenvalue weighted by Gasteiger charge is -2.13. The Morgan fingerprint density at radius 3 is 2.48 bits per heavy atom. The quantitative estimate of drug-likeness (QED) is 0.854. The number of ether oxygens (including phenoxy) is 1. The summed E-state index contributed by atoms with van der Waals surface area (Å²) in [5.41, 5.74) is 0. The fraction of sp³-hybridized carbons (Fsp3) is 0.333. The molecule has 0 saturated carbocycles. The second-order valence-electron chi connectivity index (χ2n) is 4.74. The molecule has 1 atom stereocenters. The van der Waals surface area contributed by atoms with E-state index in [-0.39, 0.29) is 11.4 Å². The lowest BCUT2D eigenvalue weighted by atomic mass is 10.1. The predicted molar refractivity (Wildman–Crippen MR) is 82.0 cm³/mol. The number of nitrogens with one attached hydrogen (secondary N) is 1. The Balaban J connectivity index is 2.53. The highest BCUT2D eigenvalue weighted by atomic mass is 32.2. The Labute approximate surface area is 124 Å². The molecule has 0 bridgehead atoms. The molecule has 0 heterocycles. The minimum absolute atomic E-state index is 0.0239. The van der Waals surface area contributed by atoms with Gasteiger partial charge in [0.1, 0.15) is 5.75 Å². The fourth-order valence-corrected chi connectivity index (χ4v) is 3.40. The zero-order chi connectivity index (χ0) is 15.5. The van der Waals surface area contributed by atoms with Crippen molar-refractivity contribution in [2.75, 3.05) is 13.2 Å². The van der Waals surface area contributed by atoms with E-state index in [9.17, 15) is 13.5 Å². The van der Waals surface area contributed by atoms with Gasteiger partial charge in [0, 0.05) is 17.3 Å². The highest BCUT2D eigenvalue weighted by Gasteiger charge is 2.19. The van der Waals surface area contributed by atoms with Crippen LogP contribution in [0.5, 0.6) is 5.75 Å². The standard InChI is InChI=1S/C15H19NO4S/c1-3-20-14-8-9-15(13-7-5-4-6-12(13)14)21(18,19)16-10-11(2)17/h4-9,11,16-17H,3,10H2,1-2H3/t11-/m0/s1. The first-order valence-corrected chi connectivity index (χ1v) is 8.26. The van der Waals surface area contributed by atoms with E-state index >= 15 is 0 Å². The smallest absolute Gasteiger partial charge is 0.241 e. The van der Waals surface area contributed by atoms with E-state index in [2.05, 4.69) is 4.72 Å². The van der Waals surface area contributed by atoms with Crippen molar-refractivity contribution in [3.63, 3.8) is 0 Å². The maximum absolute atomic E-state index is 12.4. The van der Waals surface area contributed by atoms with Crippen LogP contribution in [0.4, 0.5) is 0 Å². The van der Waals surface area contributed by atoms with E-state index in [0.29, 0.717) is 17.7 Å². The fourth-order valence-electron chi connectivity index (χ4n) is 2.07. The van der Waals surface area contributed by atoms with Crippen molar-refractivity contribution in [2.24, 2.45) is 0 Å². The lowest BCUT2D eigenvalue weighted by Crippen LogP contribution is -2.30. The molecule has 0 radical (unpaired) electrons. The number of hydrogen-bond acceptors (Lipinski definition) is 4. The molecular weight excluding hydrogens is 290 g/mol. The maximum Gasteiger partial charge on any atom is 0.241 e. The molecule has 0 spiro atoms. The van der Waals surface area contributed by atoms with Crippen LogP contribution >= 0.6 is 0 Å². The third-order valence-electron chi connectivity index (χ3n) is 3.00. The van der Waals surface area contributed by atoms with Gasteiger partial charge in [0.25, 0.3) is 0 Å². The van der Waals surface area contributed by atoms with Gasteiger partial charge in [0.2, 0.25) is 10.0 Å². The van der Waals surface area contributed by atoms with Crippen LogP contribution in [-0.4, -0.2) is 32.8 Å². The molecule has 2 N–H and O–H groups in total. The molecule has 5 nitrogen and oxygen atoms in total. The zero-order valence-corrected chi connectivity index (χ0v) is 12.9. The van der Waals surface area contributed by atoms with Crippen molar-refractivity contribution in [3.8, 4) is 5.75 Å². The summed E-state index contributed by atoms with van der Waals surface area (Å²) in [5, 5.41) is 10.6. The van der Waals surface area contributed by atoms with Crippen molar-refractivity contribution < 1.29 is 18.3 Å². The van der Waals surface area contributed by atoms with Gasteiger partial charge in [-0.25, -0.2) is 13.1 Å². The van der Waals surface area contributed by atoms with Gasteiger partial charge < -0.3 is 9.84 Å². The Morgan fingerprint density at radius 1 is 1.19 bits per heavy atom. The minimum atomic E-state index is -3.68. The first-order chi connectivity index (χ1) is 9.95. The summed E-state index contributed by atoms with van der Waals surface area (Å²) in [6.07, 6.45) is -0.742. The summed E-state index contributed by atoms with van der Waals surface area (Å²) in [4.78, 5) is 0.183. The highest BCUT2D eigenvalue weighted by Crippen LogP contribution is 2.30. The predicted octanol–water partition coefficient (Wildman–Crippen LogP) is 1.90. The topological polar surface area (TPSA) is 75.6 Å². The molecular formula is C15H19NO4S. The zero-order valence-electron chi connectivity index (χ0n) is 12.0. The van der Waals surface area contributed by atoms with E-state index in [1.807, 2.05) is 19.1 Å². The van der Waals surface area contributed by atoms with Gasteiger partial charge in [-0.1, -0.05) is 24.3 Å². The second kappa shape index (κ2) is 6.43. The average Bonchev–Trinajstić information content (AvgIpc) is 2.46. The highest BCUT2D eigenvalue weighted by molar-refractivity contribution is 7.89. The van der Waals surface area contributed by atoms with Crippen LogP contribution in [0, 0.1) is 0 Å². The van der Waals surface area contributed by atoms with E-state index in [1.165, 1.54) is 13.0 Å². The van der Waals surface area contributed by atoms with Crippen molar-refractivity contribution >= 4 is 20.8 Å². The second-order valence-corrected chi connectivity index (χ2v) is 6.48. The molecule has 0 aromatic heterocycles. The van der Waals surface area contributed by atoms with Crippen LogP contribution in [0.25, 0.3) is 10.8 Å². The number of fused-ring (bicyclic) bond motifs is 1. The molecule has 114 valence electrons. The molecule has 2 aromatic carbocycles. The summed E-state index contributed by atoms with van der Waals surface area (Å²) in [6, 6.07) is 10.4. The third kappa shape index (κ3) is 3.53. The molecule has 0 aliphatic heterocycles. The molecule has 21 heavy (non-hydrogen) atoms. The summed E-state index contributed by atoms with van der Waals surface area (Å²) >= 11 is 0. The molecule has 0 saturated heterocycles. The SMILES string of the molecule is CCOc1ccc(S(=O)(=O)NC[C@H](C)O)c2ccccc12. The molecule has 0 aliphatic rings. The summed E-state index contributed by atoms with van der Waals surface area (Å²) < 4.78 is 32.6. The van der Waals surface area contributed by atoms with E-state index in [4.69, 9.17) is 4.74 Å². The number of aliphatic hydroxyl groups excluding tert-OH is 1. The van der Waals surface area contributed by atoms with Gasteiger partial charge in [0.05, 0.1) is 17.6 Å². The maximum atomic E-state index is 12.4. The van der Waals surface area contributed by atoms with Crippen LogP contribution in [0.2, 0.25) is 0 Å². The van der Waals surface area contributed by atoms with E-state index < -0.39 is 16.1 Å². The van der Waals surface area contributed by atoms with Crippen LogP contribution in [0.1, 0.15) is 13.8 Å². The molecule has 2 aromatic rings. The van der Waals surface area contributed by atoms with Gasteiger partial charge in [-0.3, -0.25) is 0 Å². The van der Waals surface area contributed by atoms with Gasteiger partial charge >= 0.3 is 0 Å². The number of hydrogen-bond donors (Lipinski definition) is 2. The van der Waals surface area contributed by atoms with E-state index in [1.54, 1.807) is 18.2 Å². The number of benzene rings is 2. The minimum Gasteiger partial charge on any atom is -0.493 e. The third-order valence-corrected chi connectivity index (χ3v) is 4.48. The van der Waals surface area contributed by atoms with Crippen LogP contribution in [-0.2, 0) is 10.0 Å². The van der Waals surface area contributed by atoms with Crippen LogP contribution < -0.4 is 9.46 Å².